The van der Waals surface area contributed by atoms with Gasteiger partial charge in [-0.1, -0.05) is 42.2 Å². The summed E-state index contributed by atoms with van der Waals surface area (Å²) in [4.78, 5) is 14.3. The van der Waals surface area contributed by atoms with E-state index >= 15 is 0 Å². The highest BCUT2D eigenvalue weighted by Crippen LogP contribution is 2.28. The summed E-state index contributed by atoms with van der Waals surface area (Å²) in [6.45, 7) is 7.44. The number of thioether (sulfide) groups is 1. The smallest absolute Gasteiger partial charge is 0.233 e. The number of amides is 1. The van der Waals surface area contributed by atoms with Crippen LogP contribution in [0.4, 0.5) is 10.8 Å². The monoisotopic (exact) mass is 392 g/mol. The molecule has 26 heavy (non-hydrogen) atoms. The summed E-state index contributed by atoms with van der Waals surface area (Å²) in [5, 5.41) is 12.3. The number of rotatable bonds is 6. The van der Waals surface area contributed by atoms with Crippen molar-refractivity contribution in [2.24, 2.45) is 0 Å². The van der Waals surface area contributed by atoms with Gasteiger partial charge in [0.15, 0.2) is 4.34 Å². The Morgan fingerprint density at radius 1 is 1.27 bits per heavy atom. The molecule has 1 fully saturated rings. The minimum Gasteiger partial charge on any atom is -0.372 e. The van der Waals surface area contributed by atoms with E-state index in [2.05, 4.69) is 34.6 Å². The number of hydrogen-bond donors (Lipinski definition) is 1. The lowest BCUT2D eigenvalue weighted by Crippen LogP contribution is -2.48. The van der Waals surface area contributed by atoms with E-state index in [1.807, 2.05) is 30.9 Å². The Balaban J connectivity index is 1.50. The van der Waals surface area contributed by atoms with Gasteiger partial charge in [0.1, 0.15) is 0 Å². The van der Waals surface area contributed by atoms with Gasteiger partial charge in [0.25, 0.3) is 0 Å². The van der Waals surface area contributed by atoms with E-state index in [0.29, 0.717) is 18.8 Å². The van der Waals surface area contributed by atoms with Crippen LogP contribution in [0.15, 0.2) is 28.6 Å². The average molecular weight is 393 g/mol. The third-order valence-corrected chi connectivity index (χ3v) is 6.07. The number of aromatic nitrogens is 2. The molecule has 0 saturated carbocycles. The largest absolute Gasteiger partial charge is 0.372 e. The van der Waals surface area contributed by atoms with E-state index in [1.54, 1.807) is 0 Å². The summed E-state index contributed by atoms with van der Waals surface area (Å²) < 4.78 is 6.47. The lowest BCUT2D eigenvalue weighted by Gasteiger charge is -2.35. The minimum absolute atomic E-state index is 0.0872. The Bertz CT molecular complexity index is 725. The summed E-state index contributed by atoms with van der Waals surface area (Å²) in [5.74, 6) is 0.496. The zero-order chi connectivity index (χ0) is 18.5. The van der Waals surface area contributed by atoms with Gasteiger partial charge in [-0.3, -0.25) is 4.79 Å². The van der Waals surface area contributed by atoms with Crippen molar-refractivity contribution in [3.05, 3.63) is 29.8 Å². The highest BCUT2D eigenvalue weighted by Gasteiger charge is 2.25. The maximum Gasteiger partial charge on any atom is 0.233 e. The molecule has 0 radical (unpaired) electrons. The van der Waals surface area contributed by atoms with E-state index in [-0.39, 0.29) is 18.1 Å². The average Bonchev–Trinajstić information content (AvgIpc) is 3.07. The molecule has 1 aliphatic heterocycles. The van der Waals surface area contributed by atoms with Crippen LogP contribution in [0.1, 0.15) is 26.3 Å². The van der Waals surface area contributed by atoms with Crippen molar-refractivity contribution >= 4 is 39.8 Å². The molecular formula is C18H24N4O2S2. The van der Waals surface area contributed by atoms with Gasteiger partial charge in [-0.15, -0.1) is 10.2 Å². The fourth-order valence-corrected chi connectivity index (χ4v) is 4.54. The Kier molecular flexibility index (Phi) is 6.50. The van der Waals surface area contributed by atoms with Crippen molar-refractivity contribution in [3.8, 4) is 0 Å². The van der Waals surface area contributed by atoms with Gasteiger partial charge in [0.05, 0.1) is 18.0 Å². The lowest BCUT2D eigenvalue weighted by atomic mass is 10.1. The first-order valence-corrected chi connectivity index (χ1v) is 10.6. The Labute approximate surface area is 162 Å². The number of nitrogens with one attached hydrogen (secondary N) is 1. The van der Waals surface area contributed by atoms with Crippen LogP contribution >= 0.6 is 23.1 Å². The van der Waals surface area contributed by atoms with Crippen LogP contribution in [0.3, 0.4) is 0 Å². The lowest BCUT2D eigenvalue weighted by molar-refractivity contribution is -0.140. The zero-order valence-corrected chi connectivity index (χ0v) is 16.9. The Morgan fingerprint density at radius 3 is 2.62 bits per heavy atom. The molecule has 1 aliphatic rings. The highest BCUT2D eigenvalue weighted by molar-refractivity contribution is 8.01. The van der Waals surface area contributed by atoms with Crippen LogP contribution in [0, 0.1) is 0 Å². The second-order valence-corrected chi connectivity index (χ2v) is 8.59. The fourth-order valence-electron chi connectivity index (χ4n) is 2.86. The first-order valence-electron chi connectivity index (χ1n) is 8.79. The number of hydrogen-bond acceptors (Lipinski definition) is 7. The molecule has 2 aromatic rings. The van der Waals surface area contributed by atoms with Gasteiger partial charge in [-0.2, -0.15) is 0 Å². The molecule has 3 rings (SSSR count). The van der Waals surface area contributed by atoms with Crippen molar-refractivity contribution in [1.82, 2.24) is 15.1 Å². The predicted octanol–water partition coefficient (Wildman–Crippen LogP) is 3.57. The second-order valence-electron chi connectivity index (χ2n) is 6.39. The number of carbonyl (C=O) groups excluding carboxylic acids is 1. The topological polar surface area (TPSA) is 67.4 Å². The second kappa shape index (κ2) is 8.83. The highest BCUT2D eigenvalue weighted by atomic mass is 32.2. The maximum atomic E-state index is 12.4. The molecule has 2 heterocycles. The molecular weight excluding hydrogens is 368 g/mol. The summed E-state index contributed by atoms with van der Waals surface area (Å²) >= 11 is 2.90. The molecule has 0 spiro atoms. The molecule has 140 valence electrons. The van der Waals surface area contributed by atoms with Crippen LogP contribution in [0.2, 0.25) is 0 Å². The van der Waals surface area contributed by atoms with Crippen molar-refractivity contribution < 1.29 is 9.53 Å². The molecule has 0 bridgehead atoms. The van der Waals surface area contributed by atoms with Gasteiger partial charge in [0.2, 0.25) is 11.0 Å². The zero-order valence-electron chi connectivity index (χ0n) is 15.3. The summed E-state index contributed by atoms with van der Waals surface area (Å²) in [6, 6.07) is 8.28. The van der Waals surface area contributed by atoms with Crippen molar-refractivity contribution in [2.45, 2.75) is 43.7 Å². The summed E-state index contributed by atoms with van der Waals surface area (Å²) in [5.41, 5.74) is 2.29. The van der Waals surface area contributed by atoms with E-state index in [1.165, 1.54) is 28.7 Å². The first-order chi connectivity index (χ1) is 12.5. The van der Waals surface area contributed by atoms with Crippen LogP contribution < -0.4 is 5.32 Å². The maximum absolute atomic E-state index is 12.4. The number of ether oxygens (including phenoxy) is 1. The van der Waals surface area contributed by atoms with Crippen LogP contribution in [-0.2, 0) is 16.0 Å². The fraction of sp³-hybridized carbons (Fsp3) is 0.500. The molecule has 1 aromatic heterocycles. The molecule has 1 amide bonds. The molecule has 1 N–H and O–H groups in total. The van der Waals surface area contributed by atoms with Crippen molar-refractivity contribution in [1.29, 1.82) is 0 Å². The van der Waals surface area contributed by atoms with Crippen molar-refractivity contribution in [3.63, 3.8) is 0 Å². The van der Waals surface area contributed by atoms with Crippen molar-refractivity contribution in [2.75, 3.05) is 24.2 Å². The van der Waals surface area contributed by atoms with Crippen LogP contribution in [0.25, 0.3) is 0 Å². The van der Waals surface area contributed by atoms with Gasteiger partial charge in [0, 0.05) is 18.8 Å². The van der Waals surface area contributed by atoms with E-state index in [4.69, 9.17) is 4.74 Å². The van der Waals surface area contributed by atoms with E-state index in [9.17, 15) is 4.79 Å². The number of aryl methyl sites for hydroxylation is 1. The molecule has 1 aromatic carbocycles. The van der Waals surface area contributed by atoms with E-state index < -0.39 is 0 Å². The summed E-state index contributed by atoms with van der Waals surface area (Å²) in [7, 11) is 0. The summed E-state index contributed by atoms with van der Waals surface area (Å²) in [6.07, 6.45) is 1.20. The Hall–Kier alpha value is -1.64. The molecule has 1 saturated heterocycles. The molecule has 0 aliphatic carbocycles. The quantitative estimate of drug-likeness (QED) is 0.758. The van der Waals surface area contributed by atoms with Crippen LogP contribution in [-0.4, -0.2) is 52.1 Å². The predicted molar refractivity (Wildman–Crippen MR) is 106 cm³/mol. The standard InChI is InChI=1S/C18H24N4O2S2/c1-4-14-5-7-15(8-6-14)19-17-20-21-18(26-17)25-11-16(23)22-9-12(2)24-13(3)10-22/h5-8,12-13H,4,9-11H2,1-3H3,(H,19,20)/t12-,13-/m1/s1. The number of benzene rings is 1. The van der Waals surface area contributed by atoms with Gasteiger partial charge < -0.3 is 15.0 Å². The molecule has 6 nitrogen and oxygen atoms in total. The number of nitrogens with zero attached hydrogens (tertiary/aromatic N) is 3. The molecule has 2 atom stereocenters. The Morgan fingerprint density at radius 2 is 1.96 bits per heavy atom. The normalized spacial score (nSPS) is 20.2. The van der Waals surface area contributed by atoms with Crippen LogP contribution in [0.5, 0.6) is 0 Å². The van der Waals surface area contributed by atoms with Gasteiger partial charge >= 0.3 is 0 Å². The van der Waals surface area contributed by atoms with E-state index in [0.717, 1.165) is 21.6 Å². The minimum atomic E-state index is 0.0872. The van der Waals surface area contributed by atoms with Gasteiger partial charge in [-0.25, -0.2) is 0 Å². The SMILES string of the molecule is CCc1ccc(Nc2nnc(SCC(=O)N3C[C@@H](C)O[C@H](C)C3)s2)cc1. The third kappa shape index (κ3) is 5.18. The molecule has 0 unspecified atom stereocenters. The molecule has 8 heteroatoms. The number of anilines is 2. The first kappa shape index (κ1) is 19.1. The number of carbonyl (C=O) groups is 1. The van der Waals surface area contributed by atoms with Gasteiger partial charge in [-0.05, 0) is 38.0 Å². The third-order valence-electron chi connectivity index (χ3n) is 4.11. The number of morpholine rings is 1.